The number of anilines is 1. The standard InChI is InChI=1S/C15H23NO2/c16-14-7-3-5-13(11-14)6-4-9-17-12-15-8-1-2-10-18-15/h3,5,7,11,15H,1-2,4,6,8-10,12,16H2. The van der Waals surface area contributed by atoms with Crippen LogP contribution in [0.4, 0.5) is 5.69 Å². The minimum Gasteiger partial charge on any atom is -0.399 e. The summed E-state index contributed by atoms with van der Waals surface area (Å²) >= 11 is 0. The Kier molecular flexibility index (Phi) is 5.49. The van der Waals surface area contributed by atoms with E-state index in [-0.39, 0.29) is 0 Å². The minimum absolute atomic E-state index is 0.325. The van der Waals surface area contributed by atoms with Gasteiger partial charge < -0.3 is 15.2 Å². The third kappa shape index (κ3) is 4.67. The predicted octanol–water partition coefficient (Wildman–Crippen LogP) is 2.79. The summed E-state index contributed by atoms with van der Waals surface area (Å²) < 4.78 is 11.3. The second kappa shape index (κ2) is 7.39. The van der Waals surface area contributed by atoms with E-state index in [1.165, 1.54) is 18.4 Å². The van der Waals surface area contributed by atoms with E-state index in [9.17, 15) is 0 Å². The van der Waals surface area contributed by atoms with Crippen molar-refractivity contribution in [2.24, 2.45) is 0 Å². The van der Waals surface area contributed by atoms with Crippen molar-refractivity contribution in [3.63, 3.8) is 0 Å². The summed E-state index contributed by atoms with van der Waals surface area (Å²) in [4.78, 5) is 0. The van der Waals surface area contributed by atoms with Gasteiger partial charge in [-0.15, -0.1) is 0 Å². The van der Waals surface area contributed by atoms with Crippen molar-refractivity contribution in [2.45, 2.75) is 38.2 Å². The van der Waals surface area contributed by atoms with E-state index >= 15 is 0 Å². The summed E-state index contributed by atoms with van der Waals surface area (Å²) in [6, 6.07) is 8.06. The molecule has 0 aromatic heterocycles. The molecular formula is C15H23NO2. The van der Waals surface area contributed by atoms with Crippen molar-refractivity contribution >= 4 is 5.69 Å². The highest BCUT2D eigenvalue weighted by Crippen LogP contribution is 2.13. The van der Waals surface area contributed by atoms with E-state index in [2.05, 4.69) is 6.07 Å². The molecule has 1 aromatic carbocycles. The molecule has 1 fully saturated rings. The highest BCUT2D eigenvalue weighted by atomic mass is 16.5. The van der Waals surface area contributed by atoms with Gasteiger partial charge in [-0.1, -0.05) is 12.1 Å². The predicted molar refractivity (Wildman–Crippen MR) is 73.6 cm³/mol. The van der Waals surface area contributed by atoms with E-state index in [1.54, 1.807) is 0 Å². The number of nitrogens with two attached hydrogens (primary N) is 1. The topological polar surface area (TPSA) is 44.5 Å². The summed E-state index contributed by atoms with van der Waals surface area (Å²) in [5.41, 5.74) is 7.86. The highest BCUT2D eigenvalue weighted by Gasteiger charge is 2.13. The third-order valence-electron chi connectivity index (χ3n) is 3.28. The Hall–Kier alpha value is -1.06. The van der Waals surface area contributed by atoms with Gasteiger partial charge in [0.2, 0.25) is 0 Å². The lowest BCUT2D eigenvalue weighted by atomic mass is 10.1. The number of ether oxygens (including phenoxy) is 2. The Bertz CT molecular complexity index is 348. The van der Waals surface area contributed by atoms with Crippen LogP contribution in [0.5, 0.6) is 0 Å². The average molecular weight is 249 g/mol. The monoisotopic (exact) mass is 249 g/mol. The molecule has 1 aromatic rings. The van der Waals surface area contributed by atoms with Crippen LogP contribution in [0.15, 0.2) is 24.3 Å². The summed E-state index contributed by atoms with van der Waals surface area (Å²) in [6.45, 7) is 2.45. The normalized spacial score (nSPS) is 19.9. The molecule has 1 aliphatic heterocycles. The number of hydrogen-bond donors (Lipinski definition) is 1. The van der Waals surface area contributed by atoms with Crippen LogP contribution < -0.4 is 5.73 Å². The number of benzene rings is 1. The number of nitrogen functional groups attached to an aromatic ring is 1. The number of hydrogen-bond acceptors (Lipinski definition) is 3. The Morgan fingerprint density at radius 3 is 3.06 bits per heavy atom. The van der Waals surface area contributed by atoms with Gasteiger partial charge in [-0.05, 0) is 49.8 Å². The average Bonchev–Trinajstić information content (AvgIpc) is 2.40. The molecule has 1 saturated heterocycles. The molecule has 1 heterocycles. The Labute approximate surface area is 109 Å². The summed E-state index contributed by atoms with van der Waals surface area (Å²) in [5.74, 6) is 0. The van der Waals surface area contributed by atoms with Gasteiger partial charge >= 0.3 is 0 Å². The van der Waals surface area contributed by atoms with Gasteiger partial charge in [0.05, 0.1) is 12.7 Å². The Morgan fingerprint density at radius 2 is 2.28 bits per heavy atom. The zero-order chi connectivity index (χ0) is 12.6. The summed E-state index contributed by atoms with van der Waals surface area (Å²) in [7, 11) is 0. The van der Waals surface area contributed by atoms with Crippen molar-refractivity contribution in [1.29, 1.82) is 0 Å². The molecule has 100 valence electrons. The van der Waals surface area contributed by atoms with Gasteiger partial charge in [-0.25, -0.2) is 0 Å². The maximum absolute atomic E-state index is 5.74. The second-order valence-corrected chi connectivity index (χ2v) is 4.91. The van der Waals surface area contributed by atoms with E-state index < -0.39 is 0 Å². The quantitative estimate of drug-likeness (QED) is 0.623. The number of aryl methyl sites for hydroxylation is 1. The molecule has 3 heteroatoms. The molecule has 1 aliphatic rings. The van der Waals surface area contributed by atoms with Gasteiger partial charge in [-0.2, -0.15) is 0 Å². The first-order chi connectivity index (χ1) is 8.84. The van der Waals surface area contributed by atoms with Crippen molar-refractivity contribution < 1.29 is 9.47 Å². The molecule has 2 rings (SSSR count). The molecular weight excluding hydrogens is 226 g/mol. The van der Waals surface area contributed by atoms with Gasteiger partial charge in [-0.3, -0.25) is 0 Å². The lowest BCUT2D eigenvalue weighted by Gasteiger charge is -2.22. The molecule has 2 N–H and O–H groups in total. The van der Waals surface area contributed by atoms with Crippen molar-refractivity contribution in [2.75, 3.05) is 25.6 Å². The van der Waals surface area contributed by atoms with Crippen LogP contribution in [0.25, 0.3) is 0 Å². The first-order valence-electron chi connectivity index (χ1n) is 6.88. The lowest BCUT2D eigenvalue weighted by molar-refractivity contribution is -0.0408. The van der Waals surface area contributed by atoms with E-state index in [1.807, 2.05) is 18.2 Å². The second-order valence-electron chi connectivity index (χ2n) is 4.91. The summed E-state index contributed by atoms with van der Waals surface area (Å²) in [6.07, 6.45) is 6.01. The van der Waals surface area contributed by atoms with Crippen LogP contribution in [-0.2, 0) is 15.9 Å². The van der Waals surface area contributed by atoms with Gasteiger partial charge in [0.25, 0.3) is 0 Å². The molecule has 0 bridgehead atoms. The fourth-order valence-corrected chi connectivity index (χ4v) is 2.28. The Morgan fingerprint density at radius 1 is 1.33 bits per heavy atom. The minimum atomic E-state index is 0.325. The zero-order valence-corrected chi connectivity index (χ0v) is 10.9. The lowest BCUT2D eigenvalue weighted by Crippen LogP contribution is -2.24. The molecule has 1 atom stereocenters. The van der Waals surface area contributed by atoms with Crippen LogP contribution >= 0.6 is 0 Å². The van der Waals surface area contributed by atoms with E-state index in [4.69, 9.17) is 15.2 Å². The van der Waals surface area contributed by atoms with E-state index in [0.29, 0.717) is 6.10 Å². The molecule has 3 nitrogen and oxygen atoms in total. The molecule has 0 radical (unpaired) electrons. The van der Waals surface area contributed by atoms with Gasteiger partial charge in [0.15, 0.2) is 0 Å². The van der Waals surface area contributed by atoms with Crippen molar-refractivity contribution in [3.8, 4) is 0 Å². The van der Waals surface area contributed by atoms with Crippen LogP contribution in [0, 0.1) is 0 Å². The van der Waals surface area contributed by atoms with Crippen LogP contribution in [-0.4, -0.2) is 25.9 Å². The Balaban J connectivity index is 1.55. The molecule has 0 aliphatic carbocycles. The van der Waals surface area contributed by atoms with Gasteiger partial charge in [0.1, 0.15) is 0 Å². The van der Waals surface area contributed by atoms with E-state index in [0.717, 1.165) is 44.8 Å². The summed E-state index contributed by atoms with van der Waals surface area (Å²) in [5, 5.41) is 0. The van der Waals surface area contributed by atoms with Crippen molar-refractivity contribution in [1.82, 2.24) is 0 Å². The molecule has 0 spiro atoms. The maximum atomic E-state index is 5.74. The highest BCUT2D eigenvalue weighted by molar-refractivity contribution is 5.40. The van der Waals surface area contributed by atoms with Gasteiger partial charge in [0, 0.05) is 18.9 Å². The first-order valence-corrected chi connectivity index (χ1v) is 6.88. The molecule has 0 amide bonds. The first kappa shape index (κ1) is 13.4. The third-order valence-corrected chi connectivity index (χ3v) is 3.28. The van der Waals surface area contributed by atoms with Crippen molar-refractivity contribution in [3.05, 3.63) is 29.8 Å². The SMILES string of the molecule is Nc1cccc(CCCOCC2CCCCO2)c1. The van der Waals surface area contributed by atoms with Crippen LogP contribution in [0.2, 0.25) is 0 Å². The molecule has 18 heavy (non-hydrogen) atoms. The number of rotatable bonds is 6. The fourth-order valence-electron chi connectivity index (χ4n) is 2.28. The molecule has 0 saturated carbocycles. The molecule has 1 unspecified atom stereocenters. The van der Waals surface area contributed by atoms with Crippen LogP contribution in [0.1, 0.15) is 31.2 Å². The van der Waals surface area contributed by atoms with Crippen LogP contribution in [0.3, 0.4) is 0 Å². The largest absolute Gasteiger partial charge is 0.399 e. The zero-order valence-electron chi connectivity index (χ0n) is 10.9. The maximum Gasteiger partial charge on any atom is 0.0808 e. The fraction of sp³-hybridized carbons (Fsp3) is 0.600. The smallest absolute Gasteiger partial charge is 0.0808 e.